The van der Waals surface area contributed by atoms with E-state index in [-0.39, 0.29) is 5.76 Å². The number of aliphatic hydroxyl groups excluding tert-OH is 2. The van der Waals surface area contributed by atoms with Crippen LogP contribution in [-0.4, -0.2) is 16.3 Å². The van der Waals surface area contributed by atoms with Crippen LogP contribution in [0.5, 0.6) is 0 Å². The van der Waals surface area contributed by atoms with Gasteiger partial charge in [-0.1, -0.05) is 0 Å². The molecule has 3 heteroatoms. The Kier molecular flexibility index (Phi) is 0.986. The predicted octanol–water partition coefficient (Wildman–Crippen LogP) is -0.355. The van der Waals surface area contributed by atoms with Crippen molar-refractivity contribution in [2.24, 2.45) is 5.73 Å². The van der Waals surface area contributed by atoms with E-state index in [1.165, 1.54) is 12.2 Å². The van der Waals surface area contributed by atoms with E-state index in [4.69, 9.17) is 15.9 Å². The van der Waals surface area contributed by atoms with Gasteiger partial charge in [-0.15, -0.1) is 0 Å². The topological polar surface area (TPSA) is 66.5 Å². The smallest absolute Gasteiger partial charge is 0.131 e. The lowest BCUT2D eigenvalue weighted by atomic mass is 10.4. The molecule has 3 nitrogen and oxygen atoms in total. The van der Waals surface area contributed by atoms with Gasteiger partial charge in [0.25, 0.3) is 0 Å². The maximum atomic E-state index is 8.69. The molecule has 4 N–H and O–H groups in total. The van der Waals surface area contributed by atoms with E-state index >= 15 is 0 Å². The fourth-order valence-corrected chi connectivity index (χ4v) is 0.572. The van der Waals surface area contributed by atoms with Crippen LogP contribution in [-0.2, 0) is 0 Å². The average molecular weight is 113 g/mol. The summed E-state index contributed by atoms with van der Waals surface area (Å²) in [6.45, 7) is 0. The molecule has 0 aromatic carbocycles. The maximum Gasteiger partial charge on any atom is 0.131 e. The first-order valence-corrected chi connectivity index (χ1v) is 2.26. The van der Waals surface area contributed by atoms with Gasteiger partial charge in [0.2, 0.25) is 0 Å². The highest BCUT2D eigenvalue weighted by molar-refractivity contribution is 5.30. The van der Waals surface area contributed by atoms with Gasteiger partial charge in [-0.2, -0.15) is 0 Å². The summed E-state index contributed by atoms with van der Waals surface area (Å²) >= 11 is 0. The third kappa shape index (κ3) is 0.675. The summed E-state index contributed by atoms with van der Waals surface area (Å²) in [6.07, 6.45) is 1.81. The second kappa shape index (κ2) is 1.52. The minimum absolute atomic E-state index is 0.0810. The van der Waals surface area contributed by atoms with E-state index in [9.17, 15) is 0 Å². The Morgan fingerprint density at radius 1 is 1.62 bits per heavy atom. The molecule has 1 rings (SSSR count). The van der Waals surface area contributed by atoms with Crippen LogP contribution in [0.1, 0.15) is 0 Å². The monoisotopic (exact) mass is 113 g/mol. The highest BCUT2D eigenvalue weighted by Gasteiger charge is 2.11. The van der Waals surface area contributed by atoms with Crippen LogP contribution in [0.2, 0.25) is 0 Å². The molecule has 1 aliphatic carbocycles. The van der Waals surface area contributed by atoms with Gasteiger partial charge in [-0.3, -0.25) is 0 Å². The van der Waals surface area contributed by atoms with Gasteiger partial charge in [0.15, 0.2) is 0 Å². The minimum Gasteiger partial charge on any atom is -0.509 e. The highest BCUT2D eigenvalue weighted by Crippen LogP contribution is 2.10. The molecule has 1 atom stereocenters. The van der Waals surface area contributed by atoms with Gasteiger partial charge >= 0.3 is 0 Å². The lowest BCUT2D eigenvalue weighted by Gasteiger charge is -1.94. The molecule has 8 heavy (non-hydrogen) atoms. The summed E-state index contributed by atoms with van der Waals surface area (Å²) < 4.78 is 0. The van der Waals surface area contributed by atoms with Crippen LogP contribution < -0.4 is 5.73 Å². The number of allylic oxidation sites excluding steroid dienone is 1. The second-order valence-electron chi connectivity index (χ2n) is 1.68. The Labute approximate surface area is 46.7 Å². The number of rotatable bonds is 0. The van der Waals surface area contributed by atoms with Crippen LogP contribution >= 0.6 is 0 Å². The van der Waals surface area contributed by atoms with Crippen LogP contribution in [0.3, 0.4) is 0 Å². The number of aliphatic hydroxyl groups is 2. The molecule has 0 radical (unpaired) electrons. The van der Waals surface area contributed by atoms with Crippen molar-refractivity contribution in [3.05, 3.63) is 23.6 Å². The summed E-state index contributed by atoms with van der Waals surface area (Å²) in [5, 5.41) is 17.3. The zero-order valence-electron chi connectivity index (χ0n) is 4.20. The van der Waals surface area contributed by atoms with Gasteiger partial charge in [-0.05, 0) is 6.08 Å². The highest BCUT2D eigenvalue weighted by atomic mass is 16.3. The first-order valence-electron chi connectivity index (χ1n) is 2.26. The molecule has 0 aromatic heterocycles. The molecule has 0 bridgehead atoms. The molecular formula is C5H7NO2. The van der Waals surface area contributed by atoms with Crippen molar-refractivity contribution in [2.45, 2.75) is 6.10 Å². The number of hydrogen-bond donors (Lipinski definition) is 3. The van der Waals surface area contributed by atoms with Crippen LogP contribution in [0.15, 0.2) is 23.6 Å². The van der Waals surface area contributed by atoms with Crippen molar-refractivity contribution in [1.29, 1.82) is 0 Å². The van der Waals surface area contributed by atoms with Gasteiger partial charge in [0.05, 0.1) is 0 Å². The van der Waals surface area contributed by atoms with E-state index < -0.39 is 6.10 Å². The van der Waals surface area contributed by atoms with E-state index in [2.05, 4.69) is 0 Å². The quantitative estimate of drug-likeness (QED) is 0.402. The third-order valence-corrected chi connectivity index (χ3v) is 0.968. The van der Waals surface area contributed by atoms with Crippen LogP contribution in [0.4, 0.5) is 0 Å². The molecule has 0 saturated heterocycles. The molecule has 1 aliphatic rings. The Morgan fingerprint density at radius 2 is 2.25 bits per heavy atom. The largest absolute Gasteiger partial charge is 0.509 e. The lowest BCUT2D eigenvalue weighted by Crippen LogP contribution is -2.01. The van der Waals surface area contributed by atoms with E-state index in [1.54, 1.807) is 0 Å². The lowest BCUT2D eigenvalue weighted by molar-refractivity contribution is 0.197. The fraction of sp³-hybridized carbons (Fsp3) is 0.200. The van der Waals surface area contributed by atoms with E-state index in [0.29, 0.717) is 5.70 Å². The van der Waals surface area contributed by atoms with Crippen LogP contribution in [0.25, 0.3) is 0 Å². The summed E-state index contributed by atoms with van der Waals surface area (Å²) in [7, 11) is 0. The maximum absolute atomic E-state index is 8.69. The molecular weight excluding hydrogens is 106 g/mol. The average Bonchev–Trinajstić information content (AvgIpc) is 1.85. The summed E-state index contributed by atoms with van der Waals surface area (Å²) in [5.41, 5.74) is 5.59. The molecule has 0 fully saturated rings. The second-order valence-corrected chi connectivity index (χ2v) is 1.68. The minimum atomic E-state index is -0.880. The number of hydrogen-bond acceptors (Lipinski definition) is 3. The third-order valence-electron chi connectivity index (χ3n) is 0.968. The van der Waals surface area contributed by atoms with Crippen molar-refractivity contribution in [3.63, 3.8) is 0 Å². The fourth-order valence-electron chi connectivity index (χ4n) is 0.572. The van der Waals surface area contributed by atoms with Crippen molar-refractivity contribution in [1.82, 2.24) is 0 Å². The SMILES string of the molecule is NC1=CC(O)C(O)=C1. The number of nitrogens with two attached hydrogens (primary N) is 1. The molecule has 0 amide bonds. The van der Waals surface area contributed by atoms with Gasteiger partial charge in [-0.25, -0.2) is 0 Å². The molecule has 0 heterocycles. The molecule has 0 aliphatic heterocycles. The molecule has 0 aromatic rings. The van der Waals surface area contributed by atoms with Gasteiger partial charge in [0.1, 0.15) is 11.9 Å². The van der Waals surface area contributed by atoms with Gasteiger partial charge < -0.3 is 15.9 Å². The van der Waals surface area contributed by atoms with E-state index in [0.717, 1.165) is 0 Å². The van der Waals surface area contributed by atoms with Crippen molar-refractivity contribution < 1.29 is 10.2 Å². The van der Waals surface area contributed by atoms with Crippen molar-refractivity contribution in [3.8, 4) is 0 Å². The Bertz CT molecular complexity index is 160. The standard InChI is InChI=1S/C5H7NO2/c6-3-1-4(7)5(8)2-3/h1-2,4,7-8H,6H2. The Balaban J connectivity index is 2.78. The van der Waals surface area contributed by atoms with Crippen molar-refractivity contribution in [2.75, 3.05) is 0 Å². The molecule has 0 spiro atoms. The summed E-state index contributed by atoms with van der Waals surface area (Å²) in [4.78, 5) is 0. The zero-order chi connectivity index (χ0) is 6.15. The van der Waals surface area contributed by atoms with Crippen LogP contribution in [0, 0.1) is 0 Å². The predicted molar refractivity (Wildman–Crippen MR) is 29.0 cm³/mol. The molecule has 1 unspecified atom stereocenters. The Hall–Kier alpha value is -0.960. The van der Waals surface area contributed by atoms with E-state index in [1.807, 2.05) is 0 Å². The normalized spacial score (nSPS) is 27.4. The van der Waals surface area contributed by atoms with Gasteiger partial charge in [0, 0.05) is 11.8 Å². The zero-order valence-corrected chi connectivity index (χ0v) is 4.20. The summed E-state index contributed by atoms with van der Waals surface area (Å²) in [5.74, 6) is -0.0810. The summed E-state index contributed by atoms with van der Waals surface area (Å²) in [6, 6.07) is 0. The first kappa shape index (κ1) is 5.18. The molecule has 0 saturated carbocycles. The first-order chi connectivity index (χ1) is 3.70. The molecule has 44 valence electrons. The van der Waals surface area contributed by atoms with Crippen molar-refractivity contribution >= 4 is 0 Å². The Morgan fingerprint density at radius 3 is 2.38 bits per heavy atom.